The molecule has 0 aromatic carbocycles. The van der Waals surface area contributed by atoms with Crippen LogP contribution in [0.15, 0.2) is 21.6 Å². The van der Waals surface area contributed by atoms with Gasteiger partial charge in [0.15, 0.2) is 0 Å². The van der Waals surface area contributed by atoms with Gasteiger partial charge >= 0.3 is 0 Å². The molecule has 0 spiro atoms. The predicted molar refractivity (Wildman–Crippen MR) is 82.2 cm³/mol. The fourth-order valence-electron chi connectivity index (χ4n) is 1.87. The lowest BCUT2D eigenvalue weighted by molar-refractivity contribution is 0.0437. The molecule has 0 bridgehead atoms. The van der Waals surface area contributed by atoms with E-state index in [1.165, 1.54) is 12.3 Å². The number of aromatic nitrogens is 1. The lowest BCUT2D eigenvalue weighted by Gasteiger charge is -2.25. The largest absolute Gasteiger partial charge is 0.389 e. The van der Waals surface area contributed by atoms with Crippen LogP contribution in [0.2, 0.25) is 5.15 Å². The van der Waals surface area contributed by atoms with Gasteiger partial charge < -0.3 is 5.11 Å². The Bertz CT molecular complexity index is 576. The van der Waals surface area contributed by atoms with E-state index < -0.39 is 15.6 Å². The number of nitrogens with zero attached hydrogens (tertiary/aromatic N) is 1. The van der Waals surface area contributed by atoms with Gasteiger partial charge in [-0.25, -0.2) is 18.1 Å². The number of pyridine rings is 1. The van der Waals surface area contributed by atoms with Crippen LogP contribution in [0.4, 0.5) is 0 Å². The summed E-state index contributed by atoms with van der Waals surface area (Å²) in [6.45, 7) is 5.42. The monoisotopic (exact) mass is 384 g/mol. The van der Waals surface area contributed by atoms with Gasteiger partial charge in [0.05, 0.1) is 5.60 Å². The van der Waals surface area contributed by atoms with E-state index >= 15 is 0 Å². The molecule has 0 aliphatic heterocycles. The third-order valence-electron chi connectivity index (χ3n) is 2.55. The second-order valence-corrected chi connectivity index (χ2v) is 8.37. The third kappa shape index (κ3) is 5.29. The minimum absolute atomic E-state index is 0.0869. The minimum Gasteiger partial charge on any atom is -0.389 e. The number of hydrogen-bond acceptors (Lipinski definition) is 4. The molecule has 1 rings (SSSR count). The van der Waals surface area contributed by atoms with Gasteiger partial charge in [0.2, 0.25) is 10.0 Å². The molecule has 8 heteroatoms. The first-order valence-corrected chi connectivity index (χ1v) is 8.72. The average Bonchev–Trinajstić information content (AvgIpc) is 2.28. The minimum atomic E-state index is -3.82. The van der Waals surface area contributed by atoms with E-state index in [9.17, 15) is 13.5 Å². The summed E-state index contributed by atoms with van der Waals surface area (Å²) in [5.74, 6) is 0.255. The van der Waals surface area contributed by atoms with Crippen molar-refractivity contribution in [2.24, 2.45) is 5.92 Å². The number of halogens is 2. The summed E-state index contributed by atoms with van der Waals surface area (Å²) >= 11 is 8.95. The highest BCUT2D eigenvalue weighted by Gasteiger charge is 2.26. The molecule has 0 fully saturated rings. The number of hydrogen-bond donors (Lipinski definition) is 2. The Morgan fingerprint density at radius 3 is 2.70 bits per heavy atom. The van der Waals surface area contributed by atoms with E-state index in [0.717, 1.165) is 0 Å². The summed E-state index contributed by atoms with van der Waals surface area (Å²) in [6.07, 6.45) is 1.90. The Kier molecular flexibility index (Phi) is 5.98. The zero-order valence-corrected chi connectivity index (χ0v) is 14.7. The Balaban J connectivity index is 2.88. The molecule has 0 saturated carbocycles. The van der Waals surface area contributed by atoms with Gasteiger partial charge in [-0.2, -0.15) is 0 Å². The van der Waals surface area contributed by atoms with Gasteiger partial charge in [0.1, 0.15) is 10.0 Å². The van der Waals surface area contributed by atoms with Gasteiger partial charge in [-0.15, -0.1) is 0 Å². The molecule has 20 heavy (non-hydrogen) atoms. The molecule has 0 amide bonds. The van der Waals surface area contributed by atoms with E-state index in [4.69, 9.17) is 11.6 Å². The maximum atomic E-state index is 12.2. The number of rotatable bonds is 6. The molecule has 1 atom stereocenters. The van der Waals surface area contributed by atoms with E-state index in [1.54, 1.807) is 6.92 Å². The molecule has 1 aromatic rings. The summed E-state index contributed by atoms with van der Waals surface area (Å²) in [5, 5.41) is 10.0. The average molecular weight is 386 g/mol. The van der Waals surface area contributed by atoms with Gasteiger partial charge in [-0.3, -0.25) is 0 Å². The van der Waals surface area contributed by atoms with Crippen molar-refractivity contribution in [3.63, 3.8) is 0 Å². The molecule has 0 radical (unpaired) electrons. The van der Waals surface area contributed by atoms with Crippen LogP contribution in [0.3, 0.4) is 0 Å². The lowest BCUT2D eigenvalue weighted by atomic mass is 9.95. The quantitative estimate of drug-likeness (QED) is 0.738. The fraction of sp³-hybridized carbons (Fsp3) is 0.583. The normalized spacial score (nSPS) is 15.3. The highest BCUT2D eigenvalue weighted by molar-refractivity contribution is 9.10. The predicted octanol–water partition coefficient (Wildman–Crippen LogP) is 2.57. The molecular weight excluding hydrogens is 368 g/mol. The van der Waals surface area contributed by atoms with Crippen molar-refractivity contribution in [2.75, 3.05) is 6.54 Å². The maximum absolute atomic E-state index is 12.2. The molecule has 114 valence electrons. The zero-order chi connectivity index (χ0) is 15.6. The number of nitrogens with one attached hydrogen (secondary N) is 1. The summed E-state index contributed by atoms with van der Waals surface area (Å²) in [5.41, 5.74) is -1.12. The Labute approximate surface area is 132 Å². The highest BCUT2D eigenvalue weighted by Crippen LogP contribution is 2.23. The van der Waals surface area contributed by atoms with Gasteiger partial charge in [0, 0.05) is 17.2 Å². The molecule has 0 aliphatic carbocycles. The van der Waals surface area contributed by atoms with Crippen LogP contribution in [0.5, 0.6) is 0 Å². The van der Waals surface area contributed by atoms with Gasteiger partial charge in [-0.05, 0) is 41.3 Å². The van der Waals surface area contributed by atoms with E-state index in [1.807, 2.05) is 13.8 Å². The summed E-state index contributed by atoms with van der Waals surface area (Å²) in [6, 6.07) is 1.37. The van der Waals surface area contributed by atoms with Crippen molar-refractivity contribution in [1.29, 1.82) is 0 Å². The van der Waals surface area contributed by atoms with Crippen LogP contribution in [-0.4, -0.2) is 30.7 Å². The second kappa shape index (κ2) is 6.70. The molecule has 2 N–H and O–H groups in total. The first-order chi connectivity index (χ1) is 9.03. The Morgan fingerprint density at radius 1 is 1.55 bits per heavy atom. The van der Waals surface area contributed by atoms with Crippen LogP contribution < -0.4 is 4.72 Å². The fourth-order valence-corrected chi connectivity index (χ4v) is 3.98. The molecule has 0 aliphatic rings. The third-order valence-corrected chi connectivity index (χ3v) is 4.82. The van der Waals surface area contributed by atoms with Crippen molar-refractivity contribution in [2.45, 2.75) is 37.7 Å². The van der Waals surface area contributed by atoms with Crippen LogP contribution in [0, 0.1) is 5.92 Å². The van der Waals surface area contributed by atoms with Crippen molar-refractivity contribution < 1.29 is 13.5 Å². The van der Waals surface area contributed by atoms with E-state index in [-0.39, 0.29) is 22.5 Å². The molecule has 1 heterocycles. The summed E-state index contributed by atoms with van der Waals surface area (Å²) in [4.78, 5) is 3.66. The van der Waals surface area contributed by atoms with Crippen LogP contribution >= 0.6 is 27.5 Å². The molecule has 1 aromatic heterocycles. The van der Waals surface area contributed by atoms with E-state index in [0.29, 0.717) is 10.9 Å². The van der Waals surface area contributed by atoms with Crippen molar-refractivity contribution >= 4 is 37.6 Å². The van der Waals surface area contributed by atoms with Crippen molar-refractivity contribution in [1.82, 2.24) is 9.71 Å². The Hall–Kier alpha value is -0.210. The molecule has 5 nitrogen and oxygen atoms in total. The standard InChI is InChI=1S/C12H18BrClN2O3S/c1-8(2)5-12(3,17)7-16-20(18,19)10-4-9(13)6-15-11(10)14/h4,6,8,16-17H,5,7H2,1-3H3. The molecular formula is C12H18BrClN2O3S. The summed E-state index contributed by atoms with van der Waals surface area (Å²) in [7, 11) is -3.82. The first-order valence-electron chi connectivity index (χ1n) is 6.06. The topological polar surface area (TPSA) is 79.3 Å². The van der Waals surface area contributed by atoms with Gasteiger partial charge in [0.25, 0.3) is 0 Å². The number of sulfonamides is 1. The maximum Gasteiger partial charge on any atom is 0.243 e. The molecule has 1 unspecified atom stereocenters. The summed E-state index contributed by atoms with van der Waals surface area (Å²) < 4.78 is 27.2. The number of aliphatic hydroxyl groups is 1. The van der Waals surface area contributed by atoms with Crippen LogP contribution in [0.25, 0.3) is 0 Å². The van der Waals surface area contributed by atoms with Crippen LogP contribution in [-0.2, 0) is 10.0 Å². The van der Waals surface area contributed by atoms with Crippen molar-refractivity contribution in [3.8, 4) is 0 Å². The van der Waals surface area contributed by atoms with Crippen molar-refractivity contribution in [3.05, 3.63) is 21.9 Å². The zero-order valence-electron chi connectivity index (χ0n) is 11.5. The lowest BCUT2D eigenvalue weighted by Crippen LogP contribution is -2.41. The Morgan fingerprint density at radius 2 is 2.15 bits per heavy atom. The second-order valence-electron chi connectivity index (χ2n) is 5.36. The first kappa shape index (κ1) is 17.8. The highest BCUT2D eigenvalue weighted by atomic mass is 79.9. The SMILES string of the molecule is CC(C)CC(C)(O)CNS(=O)(=O)c1cc(Br)cnc1Cl. The molecule has 0 saturated heterocycles. The smallest absolute Gasteiger partial charge is 0.243 e. The van der Waals surface area contributed by atoms with Gasteiger partial charge in [-0.1, -0.05) is 25.4 Å². The van der Waals surface area contributed by atoms with Crippen LogP contribution in [0.1, 0.15) is 27.2 Å². The van der Waals surface area contributed by atoms with E-state index in [2.05, 4.69) is 25.6 Å².